The predicted molar refractivity (Wildman–Crippen MR) is 118 cm³/mol. The van der Waals surface area contributed by atoms with Crippen molar-refractivity contribution in [3.8, 4) is 11.5 Å². The number of thiophene rings is 1. The highest BCUT2D eigenvalue weighted by atomic mass is 32.1. The lowest BCUT2D eigenvalue weighted by atomic mass is 9.88. The molecule has 0 bridgehead atoms. The summed E-state index contributed by atoms with van der Waals surface area (Å²) in [5.41, 5.74) is 4.12. The number of carbonyl (C=O) groups is 3. The summed E-state index contributed by atoms with van der Waals surface area (Å²) in [6, 6.07) is 5.18. The lowest BCUT2D eigenvalue weighted by Crippen LogP contribution is -2.32. The van der Waals surface area contributed by atoms with Gasteiger partial charge in [-0.05, 0) is 61.4 Å². The SMILES string of the molecule is CCOC(=O)c1c(NC(=O)C(=O)N/N=C/c2ccc3c(c2)OCO3)sc2c1CCC(C)C2. The van der Waals surface area contributed by atoms with Crippen LogP contribution in [0.25, 0.3) is 0 Å². The zero-order chi connectivity index (χ0) is 22.7. The molecule has 1 aromatic heterocycles. The molecular formula is C22H23N3O6S. The van der Waals surface area contributed by atoms with Crippen molar-refractivity contribution in [2.24, 2.45) is 11.0 Å². The third kappa shape index (κ3) is 4.59. The third-order valence-electron chi connectivity index (χ3n) is 5.20. The largest absolute Gasteiger partial charge is 0.462 e. The molecule has 1 unspecified atom stereocenters. The van der Waals surface area contributed by atoms with Gasteiger partial charge in [-0.15, -0.1) is 11.3 Å². The van der Waals surface area contributed by atoms with Gasteiger partial charge in [0.05, 0.1) is 18.4 Å². The lowest BCUT2D eigenvalue weighted by molar-refractivity contribution is -0.136. The van der Waals surface area contributed by atoms with Crippen LogP contribution in [0.15, 0.2) is 23.3 Å². The van der Waals surface area contributed by atoms with E-state index in [1.54, 1.807) is 25.1 Å². The van der Waals surface area contributed by atoms with Crippen LogP contribution in [0.5, 0.6) is 11.5 Å². The van der Waals surface area contributed by atoms with Crippen molar-refractivity contribution in [1.82, 2.24) is 5.43 Å². The van der Waals surface area contributed by atoms with E-state index in [2.05, 4.69) is 22.8 Å². The minimum Gasteiger partial charge on any atom is -0.462 e. The molecule has 2 aromatic rings. The second-order valence-corrected chi connectivity index (χ2v) is 8.65. The van der Waals surface area contributed by atoms with Gasteiger partial charge in [0.25, 0.3) is 0 Å². The number of nitrogens with one attached hydrogen (secondary N) is 2. The van der Waals surface area contributed by atoms with E-state index in [-0.39, 0.29) is 13.4 Å². The van der Waals surface area contributed by atoms with Crippen molar-refractivity contribution in [1.29, 1.82) is 0 Å². The maximum absolute atomic E-state index is 12.5. The van der Waals surface area contributed by atoms with Gasteiger partial charge < -0.3 is 19.5 Å². The zero-order valence-corrected chi connectivity index (χ0v) is 18.5. The molecule has 2 N–H and O–H groups in total. The predicted octanol–water partition coefficient (Wildman–Crippen LogP) is 2.87. The van der Waals surface area contributed by atoms with E-state index in [1.807, 2.05) is 0 Å². The summed E-state index contributed by atoms with van der Waals surface area (Å²) in [5.74, 6) is -0.636. The fraction of sp³-hybridized carbons (Fsp3) is 0.364. The van der Waals surface area contributed by atoms with Gasteiger partial charge in [0.2, 0.25) is 6.79 Å². The van der Waals surface area contributed by atoms with Crippen LogP contribution in [0.1, 0.15) is 46.6 Å². The number of ether oxygens (including phenoxy) is 3. The summed E-state index contributed by atoms with van der Waals surface area (Å²) in [5, 5.41) is 6.72. The van der Waals surface area contributed by atoms with Crippen molar-refractivity contribution >= 4 is 40.3 Å². The van der Waals surface area contributed by atoms with Gasteiger partial charge in [0.1, 0.15) is 5.00 Å². The van der Waals surface area contributed by atoms with Crippen LogP contribution in [0, 0.1) is 5.92 Å². The Labute approximate surface area is 188 Å². The van der Waals surface area contributed by atoms with Gasteiger partial charge in [-0.3, -0.25) is 9.59 Å². The number of rotatable bonds is 5. The molecule has 168 valence electrons. The zero-order valence-electron chi connectivity index (χ0n) is 17.7. The van der Waals surface area contributed by atoms with E-state index in [0.717, 1.165) is 29.7 Å². The van der Waals surface area contributed by atoms with E-state index in [4.69, 9.17) is 14.2 Å². The fourth-order valence-corrected chi connectivity index (χ4v) is 5.02. The Bertz CT molecular complexity index is 1090. The first kappa shape index (κ1) is 21.8. The number of hydrogen-bond donors (Lipinski definition) is 2. The maximum Gasteiger partial charge on any atom is 0.341 e. The first-order valence-electron chi connectivity index (χ1n) is 10.3. The number of esters is 1. The average molecular weight is 458 g/mol. The molecule has 0 saturated carbocycles. The smallest absolute Gasteiger partial charge is 0.341 e. The second kappa shape index (κ2) is 9.39. The Morgan fingerprint density at radius 2 is 2.06 bits per heavy atom. The highest BCUT2D eigenvalue weighted by Gasteiger charge is 2.30. The van der Waals surface area contributed by atoms with Gasteiger partial charge >= 0.3 is 17.8 Å². The monoisotopic (exact) mass is 457 g/mol. The Kier molecular flexibility index (Phi) is 6.40. The minimum atomic E-state index is -0.948. The van der Waals surface area contributed by atoms with Crippen LogP contribution in [-0.4, -0.2) is 37.4 Å². The van der Waals surface area contributed by atoms with Crippen LogP contribution < -0.4 is 20.2 Å². The Balaban J connectivity index is 1.43. The van der Waals surface area contributed by atoms with E-state index in [0.29, 0.717) is 33.5 Å². The van der Waals surface area contributed by atoms with Crippen LogP contribution >= 0.6 is 11.3 Å². The molecule has 0 spiro atoms. The minimum absolute atomic E-state index is 0.158. The molecule has 0 saturated heterocycles. The molecule has 0 fully saturated rings. The van der Waals surface area contributed by atoms with Crippen molar-refractivity contribution in [2.75, 3.05) is 18.7 Å². The first-order valence-corrected chi connectivity index (χ1v) is 11.1. The number of benzene rings is 1. The van der Waals surface area contributed by atoms with Crippen LogP contribution in [-0.2, 0) is 27.2 Å². The molecular weight excluding hydrogens is 434 g/mol. The van der Waals surface area contributed by atoms with Gasteiger partial charge in [-0.1, -0.05) is 6.92 Å². The highest BCUT2D eigenvalue weighted by molar-refractivity contribution is 7.17. The Hall–Kier alpha value is -3.40. The van der Waals surface area contributed by atoms with Crippen LogP contribution in [0.4, 0.5) is 5.00 Å². The van der Waals surface area contributed by atoms with Crippen molar-refractivity contribution < 1.29 is 28.6 Å². The second-order valence-electron chi connectivity index (χ2n) is 7.54. The summed E-state index contributed by atoms with van der Waals surface area (Å²) >= 11 is 1.32. The molecule has 0 radical (unpaired) electrons. The molecule has 10 heteroatoms. The number of hydrazone groups is 1. The summed E-state index contributed by atoms with van der Waals surface area (Å²) in [6.07, 6.45) is 3.92. The van der Waals surface area contributed by atoms with Gasteiger partial charge in [-0.25, -0.2) is 10.2 Å². The Morgan fingerprint density at radius 3 is 2.88 bits per heavy atom. The van der Waals surface area contributed by atoms with E-state index >= 15 is 0 Å². The van der Waals surface area contributed by atoms with Gasteiger partial charge in [0, 0.05) is 4.88 Å². The normalized spacial score (nSPS) is 16.5. The molecule has 4 rings (SSSR count). The summed E-state index contributed by atoms with van der Waals surface area (Å²) < 4.78 is 15.7. The summed E-state index contributed by atoms with van der Waals surface area (Å²) in [6.45, 7) is 4.26. The molecule has 1 aliphatic heterocycles. The van der Waals surface area contributed by atoms with Crippen molar-refractivity contribution in [3.05, 3.63) is 39.8 Å². The topological polar surface area (TPSA) is 115 Å². The van der Waals surface area contributed by atoms with Crippen LogP contribution in [0.2, 0.25) is 0 Å². The quantitative estimate of drug-likeness (QED) is 0.309. The number of carbonyl (C=O) groups excluding carboxylic acids is 3. The van der Waals surface area contributed by atoms with Crippen LogP contribution in [0.3, 0.4) is 0 Å². The first-order chi connectivity index (χ1) is 15.5. The molecule has 32 heavy (non-hydrogen) atoms. The molecule has 1 atom stereocenters. The van der Waals surface area contributed by atoms with E-state index in [1.165, 1.54) is 17.6 Å². The summed E-state index contributed by atoms with van der Waals surface area (Å²) in [7, 11) is 0. The number of nitrogens with zero attached hydrogens (tertiary/aromatic N) is 1. The van der Waals surface area contributed by atoms with E-state index in [9.17, 15) is 14.4 Å². The average Bonchev–Trinajstić information content (AvgIpc) is 3.37. The molecule has 1 aromatic carbocycles. The third-order valence-corrected chi connectivity index (χ3v) is 6.37. The summed E-state index contributed by atoms with van der Waals surface area (Å²) in [4.78, 5) is 38.2. The number of hydrogen-bond acceptors (Lipinski definition) is 8. The van der Waals surface area contributed by atoms with Crippen molar-refractivity contribution in [3.63, 3.8) is 0 Å². The van der Waals surface area contributed by atoms with E-state index < -0.39 is 17.8 Å². The number of amides is 2. The number of anilines is 1. The molecule has 2 amide bonds. The van der Waals surface area contributed by atoms with Gasteiger partial charge in [-0.2, -0.15) is 5.10 Å². The fourth-order valence-electron chi connectivity index (χ4n) is 3.63. The highest BCUT2D eigenvalue weighted by Crippen LogP contribution is 2.40. The Morgan fingerprint density at radius 1 is 1.25 bits per heavy atom. The standard InChI is InChI=1S/C22H23N3O6S/c1-3-29-22(28)18-14-6-4-12(2)8-17(14)32-21(18)24-19(26)20(27)25-23-10-13-5-7-15-16(9-13)31-11-30-15/h5,7,9-10,12H,3-4,6,8,11H2,1-2H3,(H,24,26)(H,25,27)/b23-10+. The van der Waals surface area contributed by atoms with Crippen molar-refractivity contribution in [2.45, 2.75) is 33.1 Å². The molecule has 2 heterocycles. The van der Waals surface area contributed by atoms with Gasteiger partial charge in [0.15, 0.2) is 11.5 Å². The molecule has 2 aliphatic rings. The maximum atomic E-state index is 12.5. The molecule has 1 aliphatic carbocycles. The number of fused-ring (bicyclic) bond motifs is 2. The molecule has 9 nitrogen and oxygen atoms in total. The lowest BCUT2D eigenvalue weighted by Gasteiger charge is -2.18.